The molecule has 1 unspecified atom stereocenters. The number of carbonyl (C=O) groups excluding carboxylic acids is 2. The van der Waals surface area contributed by atoms with Crippen molar-refractivity contribution in [1.82, 2.24) is 4.98 Å². The SMILES string of the molecule is COC(=O)C(C(=O)OC)C(C)c1ccccn1. The molecule has 0 N–H and O–H groups in total. The molecule has 0 fully saturated rings. The predicted octanol–water partition coefficient (Wildman–Crippen LogP) is 1.15. The first-order chi connectivity index (χ1) is 8.11. The van der Waals surface area contributed by atoms with E-state index in [0.29, 0.717) is 5.69 Å². The third-order valence-corrected chi connectivity index (χ3v) is 2.56. The van der Waals surface area contributed by atoms with Crippen LogP contribution in [0.4, 0.5) is 0 Å². The maximum absolute atomic E-state index is 11.6. The average Bonchev–Trinajstić information content (AvgIpc) is 2.39. The molecular formula is C12H15NO4. The Morgan fingerprint density at radius 2 is 1.76 bits per heavy atom. The van der Waals surface area contributed by atoms with Gasteiger partial charge in [0.2, 0.25) is 0 Å². The zero-order valence-electron chi connectivity index (χ0n) is 10.0. The molecule has 0 amide bonds. The third kappa shape index (κ3) is 3.03. The van der Waals surface area contributed by atoms with Gasteiger partial charge < -0.3 is 9.47 Å². The molecule has 1 aromatic rings. The number of methoxy groups -OCH3 is 2. The third-order valence-electron chi connectivity index (χ3n) is 2.56. The maximum Gasteiger partial charge on any atom is 0.320 e. The van der Waals surface area contributed by atoms with Crippen molar-refractivity contribution in [3.05, 3.63) is 30.1 Å². The molecule has 0 saturated carbocycles. The molecule has 1 atom stereocenters. The number of carbonyl (C=O) groups is 2. The van der Waals surface area contributed by atoms with Crippen LogP contribution < -0.4 is 0 Å². The molecule has 0 aliphatic carbocycles. The minimum Gasteiger partial charge on any atom is -0.468 e. The quantitative estimate of drug-likeness (QED) is 0.580. The second-order valence-electron chi connectivity index (χ2n) is 3.57. The largest absolute Gasteiger partial charge is 0.468 e. The van der Waals surface area contributed by atoms with Crippen LogP contribution in [0.2, 0.25) is 0 Å². The second-order valence-corrected chi connectivity index (χ2v) is 3.57. The van der Waals surface area contributed by atoms with Crippen molar-refractivity contribution in [2.75, 3.05) is 14.2 Å². The summed E-state index contributed by atoms with van der Waals surface area (Å²) >= 11 is 0. The van der Waals surface area contributed by atoms with E-state index < -0.39 is 23.8 Å². The average molecular weight is 237 g/mol. The molecule has 1 rings (SSSR count). The zero-order chi connectivity index (χ0) is 12.8. The van der Waals surface area contributed by atoms with Crippen molar-refractivity contribution in [1.29, 1.82) is 0 Å². The van der Waals surface area contributed by atoms with Crippen molar-refractivity contribution >= 4 is 11.9 Å². The van der Waals surface area contributed by atoms with E-state index in [9.17, 15) is 9.59 Å². The normalized spacial score (nSPS) is 12.0. The summed E-state index contributed by atoms with van der Waals surface area (Å²) in [6, 6.07) is 5.31. The van der Waals surface area contributed by atoms with Gasteiger partial charge in [-0.1, -0.05) is 13.0 Å². The van der Waals surface area contributed by atoms with Crippen molar-refractivity contribution < 1.29 is 19.1 Å². The summed E-state index contributed by atoms with van der Waals surface area (Å²) in [4.78, 5) is 27.3. The Hall–Kier alpha value is -1.91. The summed E-state index contributed by atoms with van der Waals surface area (Å²) in [6.07, 6.45) is 1.61. The van der Waals surface area contributed by atoms with E-state index in [1.165, 1.54) is 14.2 Å². The molecule has 0 aliphatic heterocycles. The fourth-order valence-electron chi connectivity index (χ4n) is 1.57. The van der Waals surface area contributed by atoms with Crippen molar-refractivity contribution in [2.24, 2.45) is 5.92 Å². The van der Waals surface area contributed by atoms with E-state index in [1.54, 1.807) is 31.3 Å². The highest BCUT2D eigenvalue weighted by Gasteiger charge is 2.35. The number of hydrogen-bond donors (Lipinski definition) is 0. The van der Waals surface area contributed by atoms with Gasteiger partial charge in [-0.3, -0.25) is 14.6 Å². The van der Waals surface area contributed by atoms with E-state index in [1.807, 2.05) is 0 Å². The fourth-order valence-corrected chi connectivity index (χ4v) is 1.57. The number of nitrogens with zero attached hydrogens (tertiary/aromatic N) is 1. The van der Waals surface area contributed by atoms with Crippen molar-refractivity contribution in [3.63, 3.8) is 0 Å². The number of aromatic nitrogens is 1. The highest BCUT2D eigenvalue weighted by atomic mass is 16.5. The van der Waals surface area contributed by atoms with E-state index >= 15 is 0 Å². The number of esters is 2. The van der Waals surface area contributed by atoms with Crippen molar-refractivity contribution in [2.45, 2.75) is 12.8 Å². The lowest BCUT2D eigenvalue weighted by molar-refractivity contribution is -0.159. The Balaban J connectivity index is 2.99. The van der Waals surface area contributed by atoms with Crippen LogP contribution in [0, 0.1) is 5.92 Å². The van der Waals surface area contributed by atoms with Gasteiger partial charge in [-0.05, 0) is 12.1 Å². The topological polar surface area (TPSA) is 65.5 Å². The molecule has 0 aliphatic rings. The summed E-state index contributed by atoms with van der Waals surface area (Å²) in [6.45, 7) is 1.74. The van der Waals surface area contributed by atoms with E-state index in [2.05, 4.69) is 14.5 Å². The van der Waals surface area contributed by atoms with Gasteiger partial charge in [-0.2, -0.15) is 0 Å². The summed E-state index contributed by atoms with van der Waals surface area (Å²) < 4.78 is 9.22. The Kier molecular flexibility index (Phi) is 4.63. The van der Waals surface area contributed by atoms with Gasteiger partial charge in [0.25, 0.3) is 0 Å². The van der Waals surface area contributed by atoms with E-state index in [0.717, 1.165) is 0 Å². The van der Waals surface area contributed by atoms with Gasteiger partial charge in [-0.15, -0.1) is 0 Å². The maximum atomic E-state index is 11.6. The Bertz CT molecular complexity index is 375. The molecule has 0 bridgehead atoms. The summed E-state index contributed by atoms with van der Waals surface area (Å²) in [5.41, 5.74) is 0.647. The first-order valence-electron chi connectivity index (χ1n) is 5.18. The van der Waals surface area contributed by atoms with Crippen LogP contribution in [0.1, 0.15) is 18.5 Å². The molecule has 5 heteroatoms. The van der Waals surface area contributed by atoms with Gasteiger partial charge in [0.15, 0.2) is 5.92 Å². The monoisotopic (exact) mass is 237 g/mol. The number of pyridine rings is 1. The smallest absolute Gasteiger partial charge is 0.320 e. The second kappa shape index (κ2) is 5.98. The van der Waals surface area contributed by atoms with Gasteiger partial charge in [0, 0.05) is 17.8 Å². The molecule has 17 heavy (non-hydrogen) atoms. The van der Waals surface area contributed by atoms with Gasteiger partial charge in [0.05, 0.1) is 14.2 Å². The van der Waals surface area contributed by atoms with Crippen LogP contribution in [0.25, 0.3) is 0 Å². The van der Waals surface area contributed by atoms with Gasteiger partial charge in [-0.25, -0.2) is 0 Å². The minimum absolute atomic E-state index is 0.393. The minimum atomic E-state index is -0.986. The summed E-state index contributed by atoms with van der Waals surface area (Å²) in [7, 11) is 2.48. The molecule has 1 heterocycles. The highest BCUT2D eigenvalue weighted by molar-refractivity contribution is 5.95. The lowest BCUT2D eigenvalue weighted by Crippen LogP contribution is -2.31. The lowest BCUT2D eigenvalue weighted by atomic mass is 9.91. The Labute approximate surface area is 99.8 Å². The number of ether oxygens (including phenoxy) is 2. The fraction of sp³-hybridized carbons (Fsp3) is 0.417. The van der Waals surface area contributed by atoms with Crippen LogP contribution in [0.3, 0.4) is 0 Å². The molecule has 0 aromatic carbocycles. The number of hydrogen-bond acceptors (Lipinski definition) is 5. The Morgan fingerprint density at radius 3 is 2.18 bits per heavy atom. The molecule has 0 radical (unpaired) electrons. The molecule has 92 valence electrons. The van der Waals surface area contributed by atoms with Gasteiger partial charge in [0.1, 0.15) is 0 Å². The molecule has 0 spiro atoms. The summed E-state index contributed by atoms with van der Waals surface area (Å²) in [5, 5.41) is 0. The molecule has 1 aromatic heterocycles. The Morgan fingerprint density at radius 1 is 1.18 bits per heavy atom. The first kappa shape index (κ1) is 13.2. The lowest BCUT2D eigenvalue weighted by Gasteiger charge is -2.18. The zero-order valence-corrected chi connectivity index (χ0v) is 10.0. The van der Waals surface area contributed by atoms with Crippen LogP contribution in [0.5, 0.6) is 0 Å². The van der Waals surface area contributed by atoms with Crippen LogP contribution in [0.15, 0.2) is 24.4 Å². The number of rotatable bonds is 4. The van der Waals surface area contributed by atoms with Gasteiger partial charge >= 0.3 is 11.9 Å². The predicted molar refractivity (Wildman–Crippen MR) is 60.2 cm³/mol. The molecular weight excluding hydrogens is 222 g/mol. The van der Waals surface area contributed by atoms with E-state index in [-0.39, 0.29) is 0 Å². The standard InChI is InChI=1S/C12H15NO4/c1-8(9-6-4-5-7-13-9)10(11(14)16-2)12(15)17-3/h4-8,10H,1-3H3. The van der Waals surface area contributed by atoms with Crippen LogP contribution >= 0.6 is 0 Å². The van der Waals surface area contributed by atoms with E-state index in [4.69, 9.17) is 0 Å². The van der Waals surface area contributed by atoms with Crippen molar-refractivity contribution in [3.8, 4) is 0 Å². The molecule has 5 nitrogen and oxygen atoms in total. The summed E-state index contributed by atoms with van der Waals surface area (Å²) in [5.74, 6) is -2.61. The highest BCUT2D eigenvalue weighted by Crippen LogP contribution is 2.24. The van der Waals surface area contributed by atoms with Crippen LogP contribution in [-0.4, -0.2) is 31.1 Å². The molecule has 0 saturated heterocycles. The first-order valence-corrected chi connectivity index (χ1v) is 5.18. The van der Waals surface area contributed by atoms with Crippen LogP contribution in [-0.2, 0) is 19.1 Å².